The molecule has 2 N–H and O–H groups in total. The summed E-state index contributed by atoms with van der Waals surface area (Å²) in [6, 6.07) is 15.3. The van der Waals surface area contributed by atoms with Crippen LogP contribution >= 0.6 is 0 Å². The highest BCUT2D eigenvalue weighted by Gasteiger charge is 2.20. The van der Waals surface area contributed by atoms with Crippen LogP contribution in [0.15, 0.2) is 48.5 Å². The Kier molecular flexibility index (Phi) is 5.33. The molecule has 2 aromatic rings. The zero-order valence-electron chi connectivity index (χ0n) is 14.2. The van der Waals surface area contributed by atoms with Gasteiger partial charge in [0.15, 0.2) is 0 Å². The van der Waals surface area contributed by atoms with Crippen LogP contribution in [0.5, 0.6) is 5.75 Å². The molecular weight excluding hydrogens is 316 g/mol. The van der Waals surface area contributed by atoms with E-state index in [0.29, 0.717) is 37.3 Å². The van der Waals surface area contributed by atoms with Gasteiger partial charge in [-0.25, -0.2) is 0 Å². The van der Waals surface area contributed by atoms with E-state index in [1.54, 1.807) is 12.1 Å². The highest BCUT2D eigenvalue weighted by atomic mass is 16.5. The molecule has 1 heterocycles. The molecule has 0 saturated carbocycles. The van der Waals surface area contributed by atoms with E-state index in [9.17, 15) is 9.59 Å². The number of carbonyl (C=O) groups is 2. The van der Waals surface area contributed by atoms with Crippen molar-refractivity contribution in [3.05, 3.63) is 65.2 Å². The van der Waals surface area contributed by atoms with E-state index in [1.165, 1.54) is 5.56 Å². The number of benzene rings is 2. The van der Waals surface area contributed by atoms with Gasteiger partial charge < -0.3 is 15.4 Å². The number of amides is 2. The highest BCUT2D eigenvalue weighted by molar-refractivity contribution is 5.95. The summed E-state index contributed by atoms with van der Waals surface area (Å²) in [6.07, 6.45) is 1.12. The zero-order chi connectivity index (χ0) is 17.6. The van der Waals surface area contributed by atoms with Gasteiger partial charge in [0.1, 0.15) is 12.4 Å². The van der Waals surface area contributed by atoms with Gasteiger partial charge in [0.25, 0.3) is 5.91 Å². The normalized spacial score (nSPS) is 16.8. The topological polar surface area (TPSA) is 67.4 Å². The van der Waals surface area contributed by atoms with Crippen LogP contribution in [0.4, 0.5) is 0 Å². The third-order valence-electron chi connectivity index (χ3n) is 4.18. The summed E-state index contributed by atoms with van der Waals surface area (Å²) >= 11 is 0. The first-order valence-electron chi connectivity index (χ1n) is 8.46. The van der Waals surface area contributed by atoms with Crippen molar-refractivity contribution in [1.82, 2.24) is 10.6 Å². The number of piperidine rings is 1. The summed E-state index contributed by atoms with van der Waals surface area (Å²) in [7, 11) is 0. The second-order valence-electron chi connectivity index (χ2n) is 6.32. The minimum Gasteiger partial charge on any atom is -0.489 e. The Hall–Kier alpha value is -2.82. The quantitative estimate of drug-likeness (QED) is 0.880. The van der Waals surface area contributed by atoms with Gasteiger partial charge in [-0.15, -0.1) is 0 Å². The molecule has 0 radical (unpaired) electrons. The smallest absolute Gasteiger partial charge is 0.251 e. The molecule has 1 atom stereocenters. The van der Waals surface area contributed by atoms with Crippen LogP contribution in [0.25, 0.3) is 0 Å². The fourth-order valence-electron chi connectivity index (χ4n) is 2.82. The van der Waals surface area contributed by atoms with Gasteiger partial charge in [-0.1, -0.05) is 35.9 Å². The fourth-order valence-corrected chi connectivity index (χ4v) is 2.82. The van der Waals surface area contributed by atoms with Crippen molar-refractivity contribution in [3.63, 3.8) is 0 Å². The van der Waals surface area contributed by atoms with Crippen LogP contribution in [0.1, 0.15) is 34.3 Å². The van der Waals surface area contributed by atoms with E-state index in [0.717, 1.165) is 5.56 Å². The molecular formula is C20H22N2O3. The zero-order valence-corrected chi connectivity index (χ0v) is 14.2. The Labute approximate surface area is 147 Å². The van der Waals surface area contributed by atoms with E-state index in [2.05, 4.69) is 16.7 Å². The van der Waals surface area contributed by atoms with Crippen molar-refractivity contribution in [3.8, 4) is 5.75 Å². The molecule has 3 rings (SSSR count). The lowest BCUT2D eigenvalue weighted by molar-refractivity contribution is -0.122. The number of hydrogen-bond donors (Lipinski definition) is 2. The van der Waals surface area contributed by atoms with Crippen molar-refractivity contribution in [2.45, 2.75) is 32.4 Å². The van der Waals surface area contributed by atoms with Crippen LogP contribution in [-0.4, -0.2) is 24.4 Å². The molecule has 0 aliphatic carbocycles. The van der Waals surface area contributed by atoms with Crippen LogP contribution in [0.3, 0.4) is 0 Å². The predicted molar refractivity (Wildman–Crippen MR) is 95.5 cm³/mol. The molecule has 0 bridgehead atoms. The van der Waals surface area contributed by atoms with Gasteiger partial charge in [0.05, 0.1) is 0 Å². The summed E-state index contributed by atoms with van der Waals surface area (Å²) in [5.74, 6) is 0.547. The van der Waals surface area contributed by atoms with E-state index >= 15 is 0 Å². The maximum atomic E-state index is 12.4. The standard InChI is InChI=1S/C20H22N2O3/c1-14-4-2-5-15(10-14)13-25-18-7-3-6-16(11-18)20(24)22-17-8-9-19(23)21-12-17/h2-7,10-11,17H,8-9,12-13H2,1H3,(H,21,23)(H,22,24). The van der Waals surface area contributed by atoms with Crippen molar-refractivity contribution in [2.24, 2.45) is 0 Å². The van der Waals surface area contributed by atoms with Crippen molar-refractivity contribution >= 4 is 11.8 Å². The maximum absolute atomic E-state index is 12.4. The number of aryl methyl sites for hydroxylation is 1. The van der Waals surface area contributed by atoms with Gasteiger partial charge >= 0.3 is 0 Å². The Morgan fingerprint density at radius 2 is 2.08 bits per heavy atom. The highest BCUT2D eigenvalue weighted by Crippen LogP contribution is 2.16. The number of rotatable bonds is 5. The lowest BCUT2D eigenvalue weighted by Crippen LogP contribution is -2.47. The second-order valence-corrected chi connectivity index (χ2v) is 6.32. The summed E-state index contributed by atoms with van der Waals surface area (Å²) in [5.41, 5.74) is 2.83. The van der Waals surface area contributed by atoms with Gasteiger partial charge in [0, 0.05) is 24.6 Å². The Morgan fingerprint density at radius 1 is 1.24 bits per heavy atom. The van der Waals surface area contributed by atoms with E-state index in [-0.39, 0.29) is 17.9 Å². The average molecular weight is 338 g/mol. The first-order valence-corrected chi connectivity index (χ1v) is 8.46. The summed E-state index contributed by atoms with van der Waals surface area (Å²) in [6.45, 7) is 2.98. The van der Waals surface area contributed by atoms with Gasteiger partial charge in [0.2, 0.25) is 5.91 Å². The monoisotopic (exact) mass is 338 g/mol. The van der Waals surface area contributed by atoms with E-state index in [4.69, 9.17) is 4.74 Å². The first-order chi connectivity index (χ1) is 12.1. The largest absolute Gasteiger partial charge is 0.489 e. The third-order valence-corrected chi connectivity index (χ3v) is 4.18. The molecule has 1 saturated heterocycles. The Balaban J connectivity index is 1.58. The minimum absolute atomic E-state index is 0.0259. The molecule has 1 unspecified atom stereocenters. The third kappa shape index (κ3) is 4.83. The summed E-state index contributed by atoms with van der Waals surface area (Å²) in [5, 5.41) is 5.72. The Bertz CT molecular complexity index is 763. The molecule has 130 valence electrons. The summed E-state index contributed by atoms with van der Waals surface area (Å²) < 4.78 is 5.80. The Morgan fingerprint density at radius 3 is 2.84 bits per heavy atom. The van der Waals surface area contributed by atoms with E-state index < -0.39 is 0 Å². The van der Waals surface area contributed by atoms with Gasteiger partial charge in [-0.3, -0.25) is 9.59 Å². The van der Waals surface area contributed by atoms with Gasteiger partial charge in [-0.05, 0) is 37.1 Å². The molecule has 1 fully saturated rings. The molecule has 2 aromatic carbocycles. The van der Waals surface area contributed by atoms with E-state index in [1.807, 2.05) is 37.3 Å². The fraction of sp³-hybridized carbons (Fsp3) is 0.300. The molecule has 0 aromatic heterocycles. The molecule has 5 nitrogen and oxygen atoms in total. The molecule has 1 aliphatic heterocycles. The summed E-state index contributed by atoms with van der Waals surface area (Å²) in [4.78, 5) is 23.6. The lowest BCUT2D eigenvalue weighted by atomic mass is 10.1. The molecule has 5 heteroatoms. The van der Waals surface area contributed by atoms with Crippen molar-refractivity contribution in [1.29, 1.82) is 0 Å². The molecule has 25 heavy (non-hydrogen) atoms. The number of ether oxygens (including phenoxy) is 1. The molecule has 2 amide bonds. The van der Waals surface area contributed by atoms with Crippen molar-refractivity contribution in [2.75, 3.05) is 6.54 Å². The minimum atomic E-state index is -0.151. The predicted octanol–water partition coefficient (Wildman–Crippen LogP) is 2.58. The maximum Gasteiger partial charge on any atom is 0.251 e. The number of nitrogens with one attached hydrogen (secondary N) is 2. The van der Waals surface area contributed by atoms with Gasteiger partial charge in [-0.2, -0.15) is 0 Å². The first kappa shape index (κ1) is 17.0. The van der Waals surface area contributed by atoms with Crippen LogP contribution in [0.2, 0.25) is 0 Å². The second kappa shape index (κ2) is 7.83. The van der Waals surface area contributed by atoms with Crippen molar-refractivity contribution < 1.29 is 14.3 Å². The number of carbonyl (C=O) groups excluding carboxylic acids is 2. The number of hydrogen-bond acceptors (Lipinski definition) is 3. The molecule has 0 spiro atoms. The average Bonchev–Trinajstić information content (AvgIpc) is 2.62. The van der Waals surface area contributed by atoms with Crippen LogP contribution < -0.4 is 15.4 Å². The van der Waals surface area contributed by atoms with Crippen LogP contribution in [0, 0.1) is 6.92 Å². The lowest BCUT2D eigenvalue weighted by Gasteiger charge is -2.23. The van der Waals surface area contributed by atoms with Crippen LogP contribution in [-0.2, 0) is 11.4 Å². The molecule has 1 aliphatic rings. The SMILES string of the molecule is Cc1cccc(COc2cccc(C(=O)NC3CCC(=O)NC3)c2)c1.